The predicted octanol–water partition coefficient (Wildman–Crippen LogP) is 4.22. The zero-order chi connectivity index (χ0) is 13.1. The van der Waals surface area contributed by atoms with Crippen LogP contribution in [0.5, 0.6) is 0 Å². The van der Waals surface area contributed by atoms with Gasteiger partial charge >= 0.3 is 0 Å². The molecule has 1 fully saturated rings. The SMILES string of the molecule is CN(c1c(N)ccc(Cl)c1F)C1CCCCCC1. The van der Waals surface area contributed by atoms with Gasteiger partial charge in [-0.1, -0.05) is 37.3 Å². The molecule has 2 nitrogen and oxygen atoms in total. The smallest absolute Gasteiger partial charge is 0.167 e. The Morgan fingerprint density at radius 2 is 1.83 bits per heavy atom. The van der Waals surface area contributed by atoms with Crippen LogP contribution < -0.4 is 10.6 Å². The van der Waals surface area contributed by atoms with Crippen LogP contribution in [0.25, 0.3) is 0 Å². The topological polar surface area (TPSA) is 29.3 Å². The fourth-order valence-corrected chi connectivity index (χ4v) is 2.89. The Morgan fingerprint density at radius 1 is 1.22 bits per heavy atom. The van der Waals surface area contributed by atoms with Crippen LogP contribution in [0, 0.1) is 5.82 Å². The van der Waals surface area contributed by atoms with Crippen molar-refractivity contribution in [1.82, 2.24) is 0 Å². The van der Waals surface area contributed by atoms with Crippen molar-refractivity contribution in [2.45, 2.75) is 44.6 Å². The summed E-state index contributed by atoms with van der Waals surface area (Å²) in [4.78, 5) is 1.97. The van der Waals surface area contributed by atoms with Gasteiger partial charge in [0.25, 0.3) is 0 Å². The van der Waals surface area contributed by atoms with Crippen LogP contribution in [0.4, 0.5) is 15.8 Å². The van der Waals surface area contributed by atoms with Gasteiger partial charge in [0.1, 0.15) is 0 Å². The van der Waals surface area contributed by atoms with Crippen LogP contribution in [0.2, 0.25) is 5.02 Å². The lowest BCUT2D eigenvalue weighted by molar-refractivity contribution is 0.539. The van der Waals surface area contributed by atoms with Crippen molar-refractivity contribution < 1.29 is 4.39 Å². The van der Waals surface area contributed by atoms with Crippen LogP contribution in [0.15, 0.2) is 12.1 Å². The molecule has 100 valence electrons. The van der Waals surface area contributed by atoms with Gasteiger partial charge < -0.3 is 10.6 Å². The van der Waals surface area contributed by atoms with Crippen LogP contribution >= 0.6 is 11.6 Å². The second-order valence-electron chi connectivity index (χ2n) is 5.06. The van der Waals surface area contributed by atoms with E-state index in [-0.39, 0.29) is 5.02 Å². The lowest BCUT2D eigenvalue weighted by Gasteiger charge is -2.30. The number of nitrogens with zero attached hydrogens (tertiary/aromatic N) is 1. The number of anilines is 2. The molecule has 0 heterocycles. The maximum Gasteiger partial charge on any atom is 0.167 e. The highest BCUT2D eigenvalue weighted by molar-refractivity contribution is 6.31. The van der Waals surface area contributed by atoms with Crippen molar-refractivity contribution in [3.05, 3.63) is 23.0 Å². The average molecular weight is 271 g/mol. The molecule has 1 aromatic carbocycles. The summed E-state index contributed by atoms with van der Waals surface area (Å²) < 4.78 is 14.1. The van der Waals surface area contributed by atoms with Gasteiger partial charge in [-0.05, 0) is 25.0 Å². The maximum atomic E-state index is 14.1. The van der Waals surface area contributed by atoms with E-state index in [2.05, 4.69) is 0 Å². The number of benzene rings is 1. The summed E-state index contributed by atoms with van der Waals surface area (Å²) in [6.45, 7) is 0. The van der Waals surface area contributed by atoms with E-state index in [4.69, 9.17) is 17.3 Å². The lowest BCUT2D eigenvalue weighted by Crippen LogP contribution is -2.32. The first-order valence-corrected chi connectivity index (χ1v) is 6.95. The molecule has 18 heavy (non-hydrogen) atoms. The van der Waals surface area contributed by atoms with Gasteiger partial charge in [-0.15, -0.1) is 0 Å². The standard InChI is InChI=1S/C14H20ClFN2/c1-18(10-6-4-2-3-5-7-10)14-12(17)9-8-11(15)13(14)16/h8-10H,2-7,17H2,1H3. The fourth-order valence-electron chi connectivity index (χ4n) is 2.74. The highest BCUT2D eigenvalue weighted by atomic mass is 35.5. The summed E-state index contributed by atoms with van der Waals surface area (Å²) in [6, 6.07) is 3.55. The highest BCUT2D eigenvalue weighted by Gasteiger charge is 2.22. The summed E-state index contributed by atoms with van der Waals surface area (Å²) in [5, 5.41) is 0.139. The van der Waals surface area contributed by atoms with Gasteiger partial charge in [-0.25, -0.2) is 4.39 Å². The van der Waals surface area contributed by atoms with Gasteiger partial charge in [0.15, 0.2) is 5.82 Å². The van der Waals surface area contributed by atoms with E-state index in [0.29, 0.717) is 17.4 Å². The normalized spacial score (nSPS) is 17.5. The molecular weight excluding hydrogens is 251 g/mol. The van der Waals surface area contributed by atoms with Crippen molar-refractivity contribution >= 4 is 23.0 Å². The first-order valence-electron chi connectivity index (χ1n) is 6.57. The van der Waals surface area contributed by atoms with E-state index < -0.39 is 5.82 Å². The Labute approximate surface area is 113 Å². The van der Waals surface area contributed by atoms with Gasteiger partial charge in [0.05, 0.1) is 16.4 Å². The molecule has 1 aromatic rings. The lowest BCUT2D eigenvalue weighted by atomic mass is 10.1. The first-order chi connectivity index (χ1) is 8.61. The van der Waals surface area contributed by atoms with E-state index in [1.807, 2.05) is 11.9 Å². The first kappa shape index (κ1) is 13.5. The van der Waals surface area contributed by atoms with Crippen LogP contribution in [-0.2, 0) is 0 Å². The molecule has 4 heteroatoms. The van der Waals surface area contributed by atoms with Crippen LogP contribution in [0.1, 0.15) is 38.5 Å². The Hall–Kier alpha value is -0.960. The van der Waals surface area contributed by atoms with Crippen molar-refractivity contribution in [1.29, 1.82) is 0 Å². The number of rotatable bonds is 2. The summed E-state index contributed by atoms with van der Waals surface area (Å²) in [5.41, 5.74) is 6.81. The molecule has 0 unspecified atom stereocenters. The minimum absolute atomic E-state index is 0.139. The largest absolute Gasteiger partial charge is 0.397 e. The van der Waals surface area contributed by atoms with Gasteiger partial charge in [-0.3, -0.25) is 0 Å². The summed E-state index contributed by atoms with van der Waals surface area (Å²) >= 11 is 5.84. The third-order valence-electron chi connectivity index (χ3n) is 3.83. The number of halogens is 2. The Morgan fingerprint density at radius 3 is 2.44 bits per heavy atom. The maximum absolute atomic E-state index is 14.1. The molecule has 0 aliphatic heterocycles. The molecular formula is C14H20ClFN2. The number of nitrogen functional groups attached to an aromatic ring is 1. The summed E-state index contributed by atoms with van der Waals surface area (Å²) in [5.74, 6) is -0.400. The fraction of sp³-hybridized carbons (Fsp3) is 0.571. The molecule has 2 rings (SSSR count). The van der Waals surface area contributed by atoms with Crippen molar-refractivity contribution in [2.75, 3.05) is 17.7 Å². The molecule has 0 radical (unpaired) electrons. The highest BCUT2D eigenvalue weighted by Crippen LogP contribution is 2.34. The molecule has 1 aliphatic carbocycles. The number of nitrogens with two attached hydrogens (primary N) is 1. The zero-order valence-corrected chi connectivity index (χ0v) is 11.5. The second kappa shape index (κ2) is 5.79. The van der Waals surface area contributed by atoms with Crippen LogP contribution in [0.3, 0.4) is 0 Å². The monoisotopic (exact) mass is 270 g/mol. The average Bonchev–Trinajstić information content (AvgIpc) is 2.63. The second-order valence-corrected chi connectivity index (χ2v) is 5.46. The van der Waals surface area contributed by atoms with Gasteiger partial charge in [0, 0.05) is 13.1 Å². The number of hydrogen-bond acceptors (Lipinski definition) is 2. The van der Waals surface area contributed by atoms with E-state index in [0.717, 1.165) is 12.8 Å². The molecule has 0 atom stereocenters. The minimum Gasteiger partial charge on any atom is -0.397 e. The molecule has 0 aromatic heterocycles. The van der Waals surface area contributed by atoms with E-state index in [1.165, 1.54) is 31.7 Å². The molecule has 0 spiro atoms. The predicted molar refractivity (Wildman–Crippen MR) is 75.7 cm³/mol. The van der Waals surface area contributed by atoms with Crippen molar-refractivity contribution in [3.8, 4) is 0 Å². The van der Waals surface area contributed by atoms with Crippen molar-refractivity contribution in [2.24, 2.45) is 0 Å². The van der Waals surface area contributed by atoms with E-state index in [9.17, 15) is 4.39 Å². The van der Waals surface area contributed by atoms with E-state index in [1.54, 1.807) is 6.07 Å². The Kier molecular flexibility index (Phi) is 4.33. The quantitative estimate of drug-likeness (QED) is 0.644. The molecule has 1 saturated carbocycles. The third-order valence-corrected chi connectivity index (χ3v) is 4.12. The zero-order valence-electron chi connectivity index (χ0n) is 10.8. The molecule has 0 amide bonds. The Bertz CT molecular complexity index is 415. The van der Waals surface area contributed by atoms with E-state index >= 15 is 0 Å². The summed E-state index contributed by atoms with van der Waals surface area (Å²) in [7, 11) is 1.92. The summed E-state index contributed by atoms with van der Waals surface area (Å²) in [6.07, 6.45) is 7.16. The third kappa shape index (κ3) is 2.72. The van der Waals surface area contributed by atoms with Gasteiger partial charge in [-0.2, -0.15) is 0 Å². The van der Waals surface area contributed by atoms with Gasteiger partial charge in [0.2, 0.25) is 0 Å². The number of hydrogen-bond donors (Lipinski definition) is 1. The molecule has 1 aliphatic rings. The Balaban J connectivity index is 2.27. The molecule has 2 N–H and O–H groups in total. The minimum atomic E-state index is -0.400. The van der Waals surface area contributed by atoms with Crippen LogP contribution in [-0.4, -0.2) is 13.1 Å². The molecule has 0 bridgehead atoms. The van der Waals surface area contributed by atoms with Crippen molar-refractivity contribution in [3.63, 3.8) is 0 Å². The molecule has 0 saturated heterocycles.